The van der Waals surface area contributed by atoms with Gasteiger partial charge in [-0.1, -0.05) is 19.3 Å². The van der Waals surface area contributed by atoms with E-state index in [-0.39, 0.29) is 17.6 Å². The molecule has 0 aromatic carbocycles. The smallest absolute Gasteiger partial charge is 0.298 e. The lowest BCUT2D eigenvalue weighted by molar-refractivity contribution is -0.126. The molecule has 1 amide bonds. The van der Waals surface area contributed by atoms with Gasteiger partial charge in [0.05, 0.1) is 0 Å². The van der Waals surface area contributed by atoms with Crippen LogP contribution in [0.5, 0.6) is 0 Å². The number of amides is 1. The molecule has 1 fully saturated rings. The third-order valence-electron chi connectivity index (χ3n) is 2.78. The van der Waals surface area contributed by atoms with Gasteiger partial charge in [0, 0.05) is 31.8 Å². The van der Waals surface area contributed by atoms with Crippen molar-refractivity contribution in [2.75, 3.05) is 13.1 Å². The van der Waals surface area contributed by atoms with Crippen molar-refractivity contribution in [3.05, 3.63) is 0 Å². The number of hydrogen-bond donors (Lipinski definition) is 0. The van der Waals surface area contributed by atoms with Crippen molar-refractivity contribution >= 4 is 11.7 Å². The van der Waals surface area contributed by atoms with Gasteiger partial charge >= 0.3 is 0 Å². The third kappa shape index (κ3) is 3.69. The van der Waals surface area contributed by atoms with Crippen LogP contribution in [0.1, 0.15) is 39.5 Å². The number of ketones is 1. The minimum atomic E-state index is -0.102. The lowest BCUT2D eigenvalue weighted by atomic mass is 9.85. The highest BCUT2D eigenvalue weighted by Crippen LogP contribution is 2.21. The quantitative estimate of drug-likeness (QED) is 0.676. The van der Waals surface area contributed by atoms with E-state index < -0.39 is 0 Å². The molecule has 3 heteroatoms. The molecular formula is C13H19NO2. The standard InChI is InChI=1S/C13H19NO2/c1-3-5-8-14(4-2)13(16)7-6-11-9-12(15)10-11/h11H,3-5,8-10H2,1-2H3. The Balaban J connectivity index is 2.39. The fraction of sp³-hybridized carbons (Fsp3) is 0.692. The minimum absolute atomic E-state index is 0.102. The summed E-state index contributed by atoms with van der Waals surface area (Å²) >= 11 is 0. The highest BCUT2D eigenvalue weighted by Gasteiger charge is 2.24. The Morgan fingerprint density at radius 2 is 2.12 bits per heavy atom. The van der Waals surface area contributed by atoms with E-state index in [4.69, 9.17) is 0 Å². The molecule has 0 aromatic rings. The van der Waals surface area contributed by atoms with Crippen molar-refractivity contribution in [3.8, 4) is 11.8 Å². The average molecular weight is 221 g/mol. The van der Waals surface area contributed by atoms with Crippen molar-refractivity contribution in [3.63, 3.8) is 0 Å². The predicted molar refractivity (Wildman–Crippen MR) is 62.7 cm³/mol. The predicted octanol–water partition coefficient (Wildman–Crippen LogP) is 1.62. The molecule has 0 saturated heterocycles. The molecule has 0 unspecified atom stereocenters. The van der Waals surface area contributed by atoms with Crippen LogP contribution in [0.4, 0.5) is 0 Å². The Kier molecular flexibility index (Phi) is 5.04. The number of Topliss-reactive ketones (excluding diaryl/α,β-unsaturated/α-hetero) is 1. The Morgan fingerprint density at radius 1 is 1.44 bits per heavy atom. The number of rotatable bonds is 4. The van der Waals surface area contributed by atoms with Gasteiger partial charge in [-0.2, -0.15) is 0 Å². The summed E-state index contributed by atoms with van der Waals surface area (Å²) in [7, 11) is 0. The van der Waals surface area contributed by atoms with Crippen molar-refractivity contribution in [1.29, 1.82) is 0 Å². The van der Waals surface area contributed by atoms with E-state index in [1.807, 2.05) is 6.92 Å². The molecule has 0 aromatic heterocycles. The lowest BCUT2D eigenvalue weighted by Gasteiger charge is -2.19. The molecule has 0 atom stereocenters. The van der Waals surface area contributed by atoms with Gasteiger partial charge in [-0.15, -0.1) is 0 Å². The molecule has 1 rings (SSSR count). The third-order valence-corrected chi connectivity index (χ3v) is 2.78. The normalized spacial score (nSPS) is 15.0. The van der Waals surface area contributed by atoms with Crippen LogP contribution < -0.4 is 0 Å². The van der Waals surface area contributed by atoms with Gasteiger partial charge < -0.3 is 4.90 Å². The van der Waals surface area contributed by atoms with E-state index in [1.165, 1.54) is 0 Å². The molecule has 0 radical (unpaired) electrons. The van der Waals surface area contributed by atoms with Crippen LogP contribution in [-0.4, -0.2) is 29.7 Å². The van der Waals surface area contributed by atoms with Gasteiger partial charge in [-0.25, -0.2) is 0 Å². The van der Waals surface area contributed by atoms with Gasteiger partial charge in [0.15, 0.2) is 0 Å². The molecule has 0 heterocycles. The summed E-state index contributed by atoms with van der Waals surface area (Å²) in [5.74, 6) is 5.81. The van der Waals surface area contributed by atoms with E-state index in [1.54, 1.807) is 4.90 Å². The van der Waals surface area contributed by atoms with Gasteiger partial charge in [0.25, 0.3) is 5.91 Å². The van der Waals surface area contributed by atoms with Crippen molar-refractivity contribution in [2.45, 2.75) is 39.5 Å². The maximum Gasteiger partial charge on any atom is 0.298 e. The summed E-state index contributed by atoms with van der Waals surface area (Å²) in [6.07, 6.45) is 3.15. The van der Waals surface area contributed by atoms with E-state index in [9.17, 15) is 9.59 Å². The Morgan fingerprint density at radius 3 is 2.62 bits per heavy atom. The minimum Gasteiger partial charge on any atom is -0.332 e. The topological polar surface area (TPSA) is 37.4 Å². The molecular weight excluding hydrogens is 202 g/mol. The summed E-state index contributed by atoms with van der Waals surface area (Å²) in [6.45, 7) is 5.55. The molecule has 88 valence electrons. The zero-order chi connectivity index (χ0) is 12.0. The van der Waals surface area contributed by atoms with Crippen LogP contribution in [0, 0.1) is 17.8 Å². The number of nitrogens with zero attached hydrogens (tertiary/aromatic N) is 1. The largest absolute Gasteiger partial charge is 0.332 e. The molecule has 1 aliphatic rings. The molecule has 16 heavy (non-hydrogen) atoms. The van der Waals surface area contributed by atoms with Crippen LogP contribution in [-0.2, 0) is 9.59 Å². The number of unbranched alkanes of at least 4 members (excludes halogenated alkanes) is 1. The summed E-state index contributed by atoms with van der Waals surface area (Å²) in [5.41, 5.74) is 0. The van der Waals surface area contributed by atoms with Crippen molar-refractivity contribution in [2.24, 2.45) is 5.92 Å². The lowest BCUT2D eigenvalue weighted by Crippen LogP contribution is -2.31. The fourth-order valence-electron chi connectivity index (χ4n) is 1.59. The second-order valence-corrected chi connectivity index (χ2v) is 4.15. The monoisotopic (exact) mass is 221 g/mol. The Hall–Kier alpha value is -1.30. The molecule has 0 N–H and O–H groups in total. The first-order valence-electron chi connectivity index (χ1n) is 5.99. The molecule has 1 saturated carbocycles. The van der Waals surface area contributed by atoms with Gasteiger partial charge in [0.2, 0.25) is 0 Å². The van der Waals surface area contributed by atoms with E-state index in [0.717, 1.165) is 19.4 Å². The van der Waals surface area contributed by atoms with Crippen LogP contribution in [0.25, 0.3) is 0 Å². The first-order chi connectivity index (χ1) is 7.67. The van der Waals surface area contributed by atoms with Gasteiger partial charge in [-0.05, 0) is 19.3 Å². The van der Waals surface area contributed by atoms with Crippen molar-refractivity contribution in [1.82, 2.24) is 4.90 Å². The molecule has 0 aliphatic heterocycles. The molecule has 3 nitrogen and oxygen atoms in total. The number of carbonyl (C=O) groups is 2. The highest BCUT2D eigenvalue weighted by atomic mass is 16.2. The SMILES string of the molecule is CCCCN(CC)C(=O)C#CC1CC(=O)C1. The molecule has 0 spiro atoms. The maximum absolute atomic E-state index is 11.7. The van der Waals surface area contributed by atoms with Crippen LogP contribution >= 0.6 is 0 Å². The summed E-state index contributed by atoms with van der Waals surface area (Å²) in [6, 6.07) is 0. The van der Waals surface area contributed by atoms with Crippen LogP contribution in [0.15, 0.2) is 0 Å². The zero-order valence-corrected chi connectivity index (χ0v) is 10.1. The summed E-state index contributed by atoms with van der Waals surface area (Å²) in [5, 5.41) is 0. The van der Waals surface area contributed by atoms with Crippen LogP contribution in [0.2, 0.25) is 0 Å². The maximum atomic E-state index is 11.7. The average Bonchev–Trinajstić information content (AvgIpc) is 2.24. The molecule has 0 bridgehead atoms. The second kappa shape index (κ2) is 6.32. The zero-order valence-electron chi connectivity index (χ0n) is 10.1. The van der Waals surface area contributed by atoms with Crippen molar-refractivity contribution < 1.29 is 9.59 Å². The van der Waals surface area contributed by atoms with E-state index >= 15 is 0 Å². The first kappa shape index (κ1) is 12.8. The highest BCUT2D eigenvalue weighted by molar-refractivity contribution is 5.94. The fourth-order valence-corrected chi connectivity index (χ4v) is 1.59. The molecule has 1 aliphatic carbocycles. The first-order valence-corrected chi connectivity index (χ1v) is 5.99. The van der Waals surface area contributed by atoms with E-state index in [0.29, 0.717) is 19.4 Å². The second-order valence-electron chi connectivity index (χ2n) is 4.15. The van der Waals surface area contributed by atoms with E-state index in [2.05, 4.69) is 18.8 Å². The Bertz CT molecular complexity index is 317. The van der Waals surface area contributed by atoms with Gasteiger partial charge in [-0.3, -0.25) is 9.59 Å². The van der Waals surface area contributed by atoms with Gasteiger partial charge in [0.1, 0.15) is 5.78 Å². The summed E-state index contributed by atoms with van der Waals surface area (Å²) < 4.78 is 0. The summed E-state index contributed by atoms with van der Waals surface area (Å²) in [4.78, 5) is 24.2. The Labute approximate surface area is 97.2 Å². The van der Waals surface area contributed by atoms with Crippen LogP contribution in [0.3, 0.4) is 0 Å². The number of hydrogen-bond acceptors (Lipinski definition) is 2. The number of carbonyl (C=O) groups excluding carboxylic acids is 2.